The van der Waals surface area contributed by atoms with Crippen molar-refractivity contribution in [1.82, 2.24) is 14.9 Å². The van der Waals surface area contributed by atoms with Crippen LogP contribution in [0.4, 0.5) is 5.82 Å². The van der Waals surface area contributed by atoms with Gasteiger partial charge in [0.15, 0.2) is 11.5 Å². The van der Waals surface area contributed by atoms with E-state index in [1.807, 2.05) is 19.1 Å². The molecule has 2 aliphatic rings. The van der Waals surface area contributed by atoms with Crippen molar-refractivity contribution in [3.63, 3.8) is 0 Å². The third-order valence-corrected chi connectivity index (χ3v) is 6.44. The molecule has 174 valence electrons. The van der Waals surface area contributed by atoms with Crippen molar-refractivity contribution in [2.45, 2.75) is 51.6 Å². The Morgan fingerprint density at radius 1 is 1.19 bits per heavy atom. The fraction of sp³-hybridized carbons (Fsp3) is 0.545. The summed E-state index contributed by atoms with van der Waals surface area (Å²) in [5.41, 5.74) is 3.36. The number of aryl methyl sites for hydroxylation is 1. The van der Waals surface area contributed by atoms with E-state index >= 15 is 0 Å². The van der Waals surface area contributed by atoms with E-state index < -0.39 is 10.1 Å². The average Bonchev–Trinajstić information content (AvgIpc) is 3.19. The van der Waals surface area contributed by atoms with Crippen LogP contribution in [0.5, 0.6) is 11.5 Å². The van der Waals surface area contributed by atoms with Crippen LogP contribution in [0, 0.1) is 0 Å². The number of anilines is 1. The normalized spacial score (nSPS) is 17.2. The molecule has 0 unspecified atom stereocenters. The molecule has 2 heterocycles. The highest BCUT2D eigenvalue weighted by molar-refractivity contribution is 7.86. The Bertz CT molecular complexity index is 1070. The zero-order chi connectivity index (χ0) is 22.7. The molecule has 1 aliphatic heterocycles. The summed E-state index contributed by atoms with van der Waals surface area (Å²) in [7, 11) is -3.61. The second-order valence-electron chi connectivity index (χ2n) is 8.32. The lowest BCUT2D eigenvalue weighted by atomic mass is 10.0. The van der Waals surface area contributed by atoms with E-state index in [0.717, 1.165) is 75.1 Å². The summed E-state index contributed by atoms with van der Waals surface area (Å²) in [4.78, 5) is 11.2. The Kier molecular flexibility index (Phi) is 7.07. The molecule has 0 radical (unpaired) electrons. The first-order valence-electron chi connectivity index (χ1n) is 11.0. The van der Waals surface area contributed by atoms with Crippen molar-refractivity contribution < 1.29 is 17.3 Å². The lowest BCUT2D eigenvalue weighted by molar-refractivity contribution is 0.210. The van der Waals surface area contributed by atoms with Crippen molar-refractivity contribution in [1.29, 1.82) is 0 Å². The lowest BCUT2D eigenvalue weighted by Crippen LogP contribution is -2.39. The number of hydrogen-bond donors (Lipinski definition) is 1. The standard InChI is InChI=1S/C22H29ClN4O4S/c1-3-30-20-13-15(7-8-19(20)31-32(2,28)29)14-27-11-9-16(10-12-27)24-21-17-5-4-6-18(17)25-22(23)26-21/h7-8,13,16H,3-6,9-12,14H2,1-2H3,(H,24,25,26). The molecule has 10 heteroatoms. The monoisotopic (exact) mass is 480 g/mol. The molecule has 1 aromatic carbocycles. The molecule has 8 nitrogen and oxygen atoms in total. The Morgan fingerprint density at radius 3 is 2.69 bits per heavy atom. The number of aromatic nitrogens is 2. The van der Waals surface area contributed by atoms with Gasteiger partial charge in [0.2, 0.25) is 5.28 Å². The van der Waals surface area contributed by atoms with Gasteiger partial charge in [0.25, 0.3) is 0 Å². The molecule has 0 amide bonds. The van der Waals surface area contributed by atoms with Crippen molar-refractivity contribution in [3.8, 4) is 11.5 Å². The maximum atomic E-state index is 11.5. The highest BCUT2D eigenvalue weighted by atomic mass is 35.5. The predicted octanol–water partition coefficient (Wildman–Crippen LogP) is 3.43. The summed E-state index contributed by atoms with van der Waals surface area (Å²) in [6.07, 6.45) is 6.12. The topological polar surface area (TPSA) is 93.7 Å². The SMILES string of the molecule is CCOc1cc(CN2CCC(Nc3nc(Cl)nc4c3CCC4)CC2)ccc1OS(C)(=O)=O. The Balaban J connectivity index is 1.36. The highest BCUT2D eigenvalue weighted by Crippen LogP contribution is 2.31. The highest BCUT2D eigenvalue weighted by Gasteiger charge is 2.24. The maximum Gasteiger partial charge on any atom is 0.306 e. The van der Waals surface area contributed by atoms with Crippen LogP contribution in [0.3, 0.4) is 0 Å². The molecule has 0 spiro atoms. The minimum absolute atomic E-state index is 0.219. The molecule has 4 rings (SSSR count). The molecular formula is C22H29ClN4O4S. The van der Waals surface area contributed by atoms with E-state index in [9.17, 15) is 8.42 Å². The second-order valence-corrected chi connectivity index (χ2v) is 10.2. The fourth-order valence-electron chi connectivity index (χ4n) is 4.36. The summed E-state index contributed by atoms with van der Waals surface area (Å²) in [6, 6.07) is 5.77. The molecule has 1 aliphatic carbocycles. The van der Waals surface area contributed by atoms with Crippen molar-refractivity contribution in [3.05, 3.63) is 40.3 Å². The molecule has 32 heavy (non-hydrogen) atoms. The van der Waals surface area contributed by atoms with Crippen LogP contribution in [0.1, 0.15) is 43.0 Å². The number of ether oxygens (including phenoxy) is 1. The predicted molar refractivity (Wildman–Crippen MR) is 124 cm³/mol. The number of fused-ring (bicyclic) bond motifs is 1. The van der Waals surface area contributed by atoms with Crippen molar-refractivity contribution in [2.75, 3.05) is 31.3 Å². The lowest BCUT2D eigenvalue weighted by Gasteiger charge is -2.33. The first kappa shape index (κ1) is 23.1. The number of piperidine rings is 1. The molecule has 0 bridgehead atoms. The molecule has 0 saturated carbocycles. The van der Waals surface area contributed by atoms with Gasteiger partial charge in [-0.25, -0.2) is 9.97 Å². The van der Waals surface area contributed by atoms with Crippen LogP contribution in [0.25, 0.3) is 0 Å². The van der Waals surface area contributed by atoms with Gasteiger partial charge in [-0.2, -0.15) is 8.42 Å². The zero-order valence-corrected chi connectivity index (χ0v) is 20.0. The minimum atomic E-state index is -3.61. The maximum absolute atomic E-state index is 11.5. The Labute approximate surface area is 194 Å². The van der Waals surface area contributed by atoms with Gasteiger partial charge < -0.3 is 14.2 Å². The van der Waals surface area contributed by atoms with Crippen LogP contribution in [0.15, 0.2) is 18.2 Å². The quantitative estimate of drug-likeness (QED) is 0.453. The summed E-state index contributed by atoms with van der Waals surface area (Å²) in [5, 5.41) is 3.92. The van der Waals surface area contributed by atoms with Gasteiger partial charge >= 0.3 is 10.1 Å². The van der Waals surface area contributed by atoms with Crippen LogP contribution in [0.2, 0.25) is 5.28 Å². The minimum Gasteiger partial charge on any atom is -0.490 e. The summed E-state index contributed by atoms with van der Waals surface area (Å²) < 4.78 is 33.6. The smallest absolute Gasteiger partial charge is 0.306 e. The molecule has 2 aromatic rings. The summed E-state index contributed by atoms with van der Waals surface area (Å²) >= 11 is 6.12. The van der Waals surface area contributed by atoms with E-state index in [2.05, 4.69) is 20.2 Å². The first-order valence-corrected chi connectivity index (χ1v) is 13.2. The number of benzene rings is 1. The summed E-state index contributed by atoms with van der Waals surface area (Å²) in [5.74, 6) is 1.57. The average molecular weight is 481 g/mol. The number of halogens is 1. The fourth-order valence-corrected chi connectivity index (χ4v) is 5.01. The van der Waals surface area contributed by atoms with Gasteiger partial charge in [0.05, 0.1) is 18.6 Å². The van der Waals surface area contributed by atoms with Crippen molar-refractivity contribution in [2.24, 2.45) is 0 Å². The first-order chi connectivity index (χ1) is 15.3. The molecule has 1 fully saturated rings. The van der Waals surface area contributed by atoms with Gasteiger partial charge in [0, 0.05) is 31.2 Å². The number of hydrogen-bond acceptors (Lipinski definition) is 8. The Hall–Kier alpha value is -2.10. The zero-order valence-electron chi connectivity index (χ0n) is 18.4. The number of rotatable bonds is 8. The van der Waals surface area contributed by atoms with Gasteiger partial charge in [-0.15, -0.1) is 0 Å². The molecule has 1 N–H and O–H groups in total. The third-order valence-electron chi connectivity index (χ3n) is 5.79. The van der Waals surface area contributed by atoms with Gasteiger partial charge in [-0.3, -0.25) is 4.90 Å². The van der Waals surface area contributed by atoms with E-state index in [4.69, 9.17) is 20.5 Å². The number of nitrogens with zero attached hydrogens (tertiary/aromatic N) is 3. The van der Waals surface area contributed by atoms with Crippen LogP contribution in [-0.4, -0.2) is 55.3 Å². The van der Waals surface area contributed by atoms with Gasteiger partial charge in [0.1, 0.15) is 5.82 Å². The molecule has 1 saturated heterocycles. The molecule has 0 atom stereocenters. The largest absolute Gasteiger partial charge is 0.490 e. The van der Waals surface area contributed by atoms with E-state index in [-0.39, 0.29) is 5.75 Å². The van der Waals surface area contributed by atoms with E-state index in [1.54, 1.807) is 6.07 Å². The van der Waals surface area contributed by atoms with Crippen LogP contribution < -0.4 is 14.2 Å². The van der Waals surface area contributed by atoms with Crippen LogP contribution in [-0.2, 0) is 29.5 Å². The number of likely N-dealkylation sites (tertiary alicyclic amines) is 1. The Morgan fingerprint density at radius 2 is 1.97 bits per heavy atom. The summed E-state index contributed by atoms with van der Waals surface area (Å²) in [6.45, 7) is 4.95. The van der Waals surface area contributed by atoms with Crippen molar-refractivity contribution >= 4 is 27.5 Å². The van der Waals surface area contributed by atoms with E-state index in [1.165, 1.54) is 5.56 Å². The van der Waals surface area contributed by atoms with E-state index in [0.29, 0.717) is 23.7 Å². The van der Waals surface area contributed by atoms with Gasteiger partial charge in [-0.05, 0) is 68.3 Å². The number of nitrogens with one attached hydrogen (secondary N) is 1. The molecule has 1 aromatic heterocycles. The third kappa shape index (κ3) is 5.82. The second kappa shape index (κ2) is 9.80. The van der Waals surface area contributed by atoms with Gasteiger partial charge in [-0.1, -0.05) is 6.07 Å². The van der Waals surface area contributed by atoms with Crippen LogP contribution >= 0.6 is 11.6 Å². The molecular weight excluding hydrogens is 452 g/mol.